The molecule has 0 atom stereocenters. The average Bonchev–Trinajstić information content (AvgIpc) is 3.01. The minimum absolute atomic E-state index is 0.00530. The molecule has 1 aromatic heterocycles. The first-order valence-corrected chi connectivity index (χ1v) is 8.77. The zero-order chi connectivity index (χ0) is 17.9. The first-order valence-electron chi connectivity index (χ1n) is 6.95. The van der Waals surface area contributed by atoms with E-state index < -0.39 is 16.0 Å². The molecule has 130 valence electrons. The molecule has 0 unspecified atom stereocenters. The van der Waals surface area contributed by atoms with Crippen LogP contribution in [0.15, 0.2) is 27.6 Å². The summed E-state index contributed by atoms with van der Waals surface area (Å²) in [4.78, 5) is 15.5. The molecule has 24 heavy (non-hydrogen) atoms. The van der Waals surface area contributed by atoms with Gasteiger partial charge in [0.1, 0.15) is 4.90 Å². The van der Waals surface area contributed by atoms with Crippen LogP contribution >= 0.6 is 11.6 Å². The minimum atomic E-state index is -3.96. The molecule has 0 N–H and O–H groups in total. The van der Waals surface area contributed by atoms with Gasteiger partial charge < -0.3 is 9.26 Å². The predicted octanol–water partition coefficient (Wildman–Crippen LogP) is 1.89. The number of halogens is 1. The summed E-state index contributed by atoms with van der Waals surface area (Å²) in [6, 6.07) is 3.89. The van der Waals surface area contributed by atoms with Gasteiger partial charge in [-0.1, -0.05) is 23.7 Å². The van der Waals surface area contributed by atoms with E-state index in [1.54, 1.807) is 0 Å². The summed E-state index contributed by atoms with van der Waals surface area (Å²) in [7, 11) is -1.40. The van der Waals surface area contributed by atoms with Gasteiger partial charge in [-0.15, -0.1) is 0 Å². The Bertz CT molecular complexity index is 850. The molecule has 0 aliphatic heterocycles. The van der Waals surface area contributed by atoms with Gasteiger partial charge in [-0.3, -0.25) is 0 Å². The van der Waals surface area contributed by atoms with Gasteiger partial charge in [-0.05, 0) is 18.2 Å². The average molecular weight is 374 g/mol. The summed E-state index contributed by atoms with van der Waals surface area (Å²) in [6.45, 7) is 1.74. The maximum Gasteiger partial charge on any atom is 0.337 e. The molecule has 1 heterocycles. The SMILES string of the molecule is CCc1noc(CN(C)S(=O)(=O)c2cc(C(=O)OC)ccc2Cl)n1. The molecule has 0 fully saturated rings. The third-order valence-corrected chi connectivity index (χ3v) is 5.51. The van der Waals surface area contributed by atoms with Gasteiger partial charge in [0.05, 0.1) is 24.2 Å². The summed E-state index contributed by atoms with van der Waals surface area (Å²) in [5, 5.41) is 3.71. The van der Waals surface area contributed by atoms with Crippen LogP contribution in [0.25, 0.3) is 0 Å². The maximum atomic E-state index is 12.7. The van der Waals surface area contributed by atoms with Crippen LogP contribution in [0, 0.1) is 0 Å². The van der Waals surface area contributed by atoms with E-state index in [0.29, 0.717) is 12.2 Å². The number of hydrogen-bond donors (Lipinski definition) is 0. The van der Waals surface area contributed by atoms with E-state index in [4.69, 9.17) is 16.1 Å². The van der Waals surface area contributed by atoms with E-state index in [2.05, 4.69) is 14.9 Å². The number of sulfonamides is 1. The number of nitrogens with zero attached hydrogens (tertiary/aromatic N) is 3. The second kappa shape index (κ2) is 7.29. The Kier molecular flexibility index (Phi) is 5.58. The molecule has 0 aliphatic carbocycles. The molecule has 1 aromatic carbocycles. The lowest BCUT2D eigenvalue weighted by atomic mass is 10.2. The number of methoxy groups -OCH3 is 1. The Hall–Kier alpha value is -1.97. The predicted molar refractivity (Wildman–Crippen MR) is 85.1 cm³/mol. The van der Waals surface area contributed by atoms with Crippen molar-refractivity contribution in [3.63, 3.8) is 0 Å². The number of ether oxygens (including phenoxy) is 1. The summed E-state index contributed by atoms with van der Waals surface area (Å²) in [5.74, 6) is -0.00468. The van der Waals surface area contributed by atoms with Gasteiger partial charge in [0.2, 0.25) is 15.9 Å². The van der Waals surface area contributed by atoms with Crippen molar-refractivity contribution < 1.29 is 22.5 Å². The smallest absolute Gasteiger partial charge is 0.337 e. The molecular formula is C14H16ClN3O5S. The van der Waals surface area contributed by atoms with Crippen molar-refractivity contribution in [2.45, 2.75) is 24.8 Å². The lowest BCUT2D eigenvalue weighted by Gasteiger charge is -2.16. The van der Waals surface area contributed by atoms with E-state index in [-0.39, 0.29) is 27.9 Å². The van der Waals surface area contributed by atoms with Crippen molar-refractivity contribution in [3.8, 4) is 0 Å². The lowest BCUT2D eigenvalue weighted by molar-refractivity contribution is 0.0600. The zero-order valence-corrected chi connectivity index (χ0v) is 14.9. The largest absolute Gasteiger partial charge is 0.465 e. The van der Waals surface area contributed by atoms with Crippen LogP contribution in [0.2, 0.25) is 5.02 Å². The van der Waals surface area contributed by atoms with Gasteiger partial charge in [0.15, 0.2) is 5.82 Å². The first kappa shape index (κ1) is 18.4. The Labute approximate surface area is 144 Å². The molecule has 0 aliphatic rings. The van der Waals surface area contributed by atoms with E-state index in [0.717, 1.165) is 4.31 Å². The van der Waals surface area contributed by atoms with Gasteiger partial charge >= 0.3 is 5.97 Å². The number of carbonyl (C=O) groups is 1. The molecular weight excluding hydrogens is 358 g/mol. The van der Waals surface area contributed by atoms with E-state index in [1.165, 1.54) is 32.4 Å². The third kappa shape index (κ3) is 3.74. The summed E-state index contributed by atoms with van der Waals surface area (Å²) in [5.41, 5.74) is 0.0833. The van der Waals surface area contributed by atoms with E-state index in [9.17, 15) is 13.2 Å². The standard InChI is InChI=1S/C14H16ClN3O5S/c1-4-12-16-13(23-17-12)8-18(2)24(20,21)11-7-9(14(19)22-3)5-6-10(11)15/h5-7H,4,8H2,1-3H3. The number of benzene rings is 1. The highest BCUT2D eigenvalue weighted by Gasteiger charge is 2.26. The summed E-state index contributed by atoms with van der Waals surface area (Å²) >= 11 is 5.99. The van der Waals surface area contributed by atoms with Crippen molar-refractivity contribution in [1.82, 2.24) is 14.4 Å². The van der Waals surface area contributed by atoms with E-state index >= 15 is 0 Å². The topological polar surface area (TPSA) is 103 Å². The normalized spacial score (nSPS) is 11.7. The quantitative estimate of drug-likeness (QED) is 0.712. The fourth-order valence-corrected chi connectivity index (χ4v) is 3.50. The number of aromatic nitrogens is 2. The number of aryl methyl sites for hydroxylation is 1. The van der Waals surface area contributed by atoms with Crippen LogP contribution in [-0.4, -0.2) is 43.0 Å². The van der Waals surface area contributed by atoms with E-state index in [1.807, 2.05) is 6.92 Å². The summed E-state index contributed by atoms with van der Waals surface area (Å²) < 4.78 is 36.0. The number of rotatable bonds is 6. The Balaban J connectivity index is 2.33. The van der Waals surface area contributed by atoms with Crippen molar-refractivity contribution in [1.29, 1.82) is 0 Å². The Morgan fingerprint density at radius 2 is 2.12 bits per heavy atom. The van der Waals surface area contributed by atoms with Crippen molar-refractivity contribution in [3.05, 3.63) is 40.5 Å². The second-order valence-corrected chi connectivity index (χ2v) is 7.28. The molecule has 0 amide bonds. The molecule has 0 saturated carbocycles. The Morgan fingerprint density at radius 3 is 2.71 bits per heavy atom. The van der Waals surface area contributed by atoms with Gasteiger partial charge in [0, 0.05) is 13.5 Å². The van der Waals surface area contributed by atoms with Crippen molar-refractivity contribution in [2.75, 3.05) is 14.2 Å². The monoisotopic (exact) mass is 373 g/mol. The maximum absolute atomic E-state index is 12.7. The number of carbonyl (C=O) groups excluding carboxylic acids is 1. The third-order valence-electron chi connectivity index (χ3n) is 3.22. The van der Waals surface area contributed by atoms with Crippen LogP contribution in [0.5, 0.6) is 0 Å². The minimum Gasteiger partial charge on any atom is -0.465 e. The van der Waals surface area contributed by atoms with Crippen LogP contribution in [0.1, 0.15) is 29.0 Å². The molecule has 0 saturated heterocycles. The molecule has 0 radical (unpaired) electrons. The van der Waals surface area contributed by atoms with Crippen LogP contribution in [-0.2, 0) is 27.7 Å². The van der Waals surface area contributed by atoms with Gasteiger partial charge in [-0.25, -0.2) is 13.2 Å². The van der Waals surface area contributed by atoms with Crippen molar-refractivity contribution >= 4 is 27.6 Å². The highest BCUT2D eigenvalue weighted by atomic mass is 35.5. The second-order valence-electron chi connectivity index (χ2n) is 4.86. The van der Waals surface area contributed by atoms with Crippen LogP contribution in [0.4, 0.5) is 0 Å². The van der Waals surface area contributed by atoms with Gasteiger partial charge in [0.25, 0.3) is 0 Å². The van der Waals surface area contributed by atoms with Crippen molar-refractivity contribution in [2.24, 2.45) is 0 Å². The van der Waals surface area contributed by atoms with Crippen LogP contribution in [0.3, 0.4) is 0 Å². The summed E-state index contributed by atoms with van der Waals surface area (Å²) in [6.07, 6.45) is 0.576. The number of esters is 1. The van der Waals surface area contributed by atoms with Crippen LogP contribution < -0.4 is 0 Å². The molecule has 0 spiro atoms. The first-order chi connectivity index (χ1) is 11.3. The fraction of sp³-hybridized carbons (Fsp3) is 0.357. The molecule has 2 rings (SSSR count). The highest BCUT2D eigenvalue weighted by Crippen LogP contribution is 2.26. The fourth-order valence-electron chi connectivity index (χ4n) is 1.89. The molecule has 2 aromatic rings. The zero-order valence-electron chi connectivity index (χ0n) is 13.3. The molecule has 8 nitrogen and oxygen atoms in total. The highest BCUT2D eigenvalue weighted by molar-refractivity contribution is 7.89. The lowest BCUT2D eigenvalue weighted by Crippen LogP contribution is -2.27. The van der Waals surface area contributed by atoms with Gasteiger partial charge in [-0.2, -0.15) is 9.29 Å². The number of hydrogen-bond acceptors (Lipinski definition) is 7. The molecule has 10 heteroatoms. The Morgan fingerprint density at radius 1 is 1.42 bits per heavy atom. The molecule has 0 bridgehead atoms.